The third kappa shape index (κ3) is 4.32. The SMILES string of the molecule is COc1ccc2c(cc(C(=O)Nc3ccccc3OC[C@H]3CCCCO3)n2C)c1OC. The van der Waals surface area contributed by atoms with Crippen molar-refractivity contribution in [2.24, 2.45) is 7.05 Å². The van der Waals surface area contributed by atoms with Gasteiger partial charge >= 0.3 is 0 Å². The number of nitrogens with zero attached hydrogens (tertiary/aromatic N) is 1. The maximum atomic E-state index is 13.1. The molecule has 1 aromatic heterocycles. The average Bonchev–Trinajstić information content (AvgIpc) is 3.15. The van der Waals surface area contributed by atoms with Crippen LogP contribution in [0.4, 0.5) is 5.69 Å². The number of benzene rings is 2. The van der Waals surface area contributed by atoms with E-state index in [1.54, 1.807) is 14.2 Å². The van der Waals surface area contributed by atoms with Crippen LogP contribution >= 0.6 is 0 Å². The van der Waals surface area contributed by atoms with Gasteiger partial charge in [-0.25, -0.2) is 0 Å². The number of hydrogen-bond acceptors (Lipinski definition) is 5. The van der Waals surface area contributed by atoms with E-state index in [0.717, 1.165) is 36.8 Å². The molecule has 1 aliphatic rings. The molecule has 1 fully saturated rings. The van der Waals surface area contributed by atoms with Crippen LogP contribution in [-0.4, -0.2) is 44.0 Å². The van der Waals surface area contributed by atoms with Crippen molar-refractivity contribution < 1.29 is 23.7 Å². The molecule has 0 radical (unpaired) electrons. The van der Waals surface area contributed by atoms with Gasteiger partial charge in [0.2, 0.25) is 0 Å². The first kappa shape index (κ1) is 21.1. The highest BCUT2D eigenvalue weighted by atomic mass is 16.5. The van der Waals surface area contributed by atoms with Gasteiger partial charge in [0.05, 0.1) is 31.5 Å². The predicted octanol–water partition coefficient (Wildman–Crippen LogP) is 4.40. The van der Waals surface area contributed by atoms with Crippen LogP contribution in [-0.2, 0) is 11.8 Å². The zero-order chi connectivity index (χ0) is 21.8. The van der Waals surface area contributed by atoms with E-state index in [1.165, 1.54) is 0 Å². The van der Waals surface area contributed by atoms with Crippen molar-refractivity contribution >= 4 is 22.5 Å². The van der Waals surface area contributed by atoms with Crippen molar-refractivity contribution in [3.63, 3.8) is 0 Å². The van der Waals surface area contributed by atoms with Gasteiger partial charge in [-0.15, -0.1) is 0 Å². The Morgan fingerprint density at radius 2 is 1.97 bits per heavy atom. The van der Waals surface area contributed by atoms with E-state index in [2.05, 4.69) is 5.32 Å². The highest BCUT2D eigenvalue weighted by molar-refractivity contribution is 6.08. The van der Waals surface area contributed by atoms with Gasteiger partial charge in [0, 0.05) is 19.0 Å². The van der Waals surface area contributed by atoms with Crippen LogP contribution in [0.25, 0.3) is 10.9 Å². The normalized spacial score (nSPS) is 16.2. The fraction of sp³-hybridized carbons (Fsp3) is 0.375. The number of fused-ring (bicyclic) bond motifs is 1. The molecule has 0 aliphatic carbocycles. The standard InChI is InChI=1S/C24H28N2O5/c1-26-19-11-12-22(28-2)23(29-3)17(19)14-20(26)24(27)25-18-9-4-5-10-21(18)31-15-16-8-6-7-13-30-16/h4-5,9-12,14,16H,6-8,13,15H2,1-3H3,(H,25,27)/t16-/m1/s1. The van der Waals surface area contributed by atoms with Gasteiger partial charge in [-0.05, 0) is 49.6 Å². The molecule has 4 rings (SSSR count). The number of hydrogen-bond donors (Lipinski definition) is 1. The summed E-state index contributed by atoms with van der Waals surface area (Å²) in [6.07, 6.45) is 3.35. The molecule has 0 saturated carbocycles. The minimum atomic E-state index is -0.232. The molecule has 164 valence electrons. The van der Waals surface area contributed by atoms with E-state index in [9.17, 15) is 4.79 Å². The van der Waals surface area contributed by atoms with Crippen LogP contribution in [0.2, 0.25) is 0 Å². The monoisotopic (exact) mass is 424 g/mol. The number of aromatic nitrogens is 1. The number of para-hydroxylation sites is 2. The zero-order valence-electron chi connectivity index (χ0n) is 18.1. The van der Waals surface area contributed by atoms with E-state index < -0.39 is 0 Å². The van der Waals surface area contributed by atoms with Crippen molar-refractivity contribution in [1.82, 2.24) is 4.57 Å². The Morgan fingerprint density at radius 1 is 1.13 bits per heavy atom. The molecule has 2 aromatic carbocycles. The van der Waals surface area contributed by atoms with E-state index in [4.69, 9.17) is 18.9 Å². The molecule has 1 amide bonds. The lowest BCUT2D eigenvalue weighted by molar-refractivity contribution is -0.0109. The minimum Gasteiger partial charge on any atom is -0.493 e. The molecule has 1 N–H and O–H groups in total. The largest absolute Gasteiger partial charge is 0.493 e. The lowest BCUT2D eigenvalue weighted by atomic mass is 10.1. The molecule has 7 heteroatoms. The molecule has 1 saturated heterocycles. The van der Waals surface area contributed by atoms with Gasteiger partial charge in [-0.2, -0.15) is 0 Å². The quantitative estimate of drug-likeness (QED) is 0.609. The fourth-order valence-corrected chi connectivity index (χ4v) is 3.96. The van der Waals surface area contributed by atoms with Crippen molar-refractivity contribution in [2.75, 3.05) is 32.8 Å². The molecule has 0 bridgehead atoms. The maximum absolute atomic E-state index is 13.1. The summed E-state index contributed by atoms with van der Waals surface area (Å²) in [7, 11) is 5.04. The number of amides is 1. The van der Waals surface area contributed by atoms with Gasteiger partial charge in [0.15, 0.2) is 11.5 Å². The van der Waals surface area contributed by atoms with Gasteiger partial charge in [-0.1, -0.05) is 12.1 Å². The average molecular weight is 424 g/mol. The number of carbonyl (C=O) groups excluding carboxylic acids is 1. The predicted molar refractivity (Wildman–Crippen MR) is 120 cm³/mol. The van der Waals surface area contributed by atoms with Crippen molar-refractivity contribution in [3.05, 3.63) is 48.2 Å². The van der Waals surface area contributed by atoms with Crippen molar-refractivity contribution in [1.29, 1.82) is 0 Å². The summed E-state index contributed by atoms with van der Waals surface area (Å²) >= 11 is 0. The zero-order valence-corrected chi connectivity index (χ0v) is 18.1. The first-order valence-corrected chi connectivity index (χ1v) is 10.5. The molecule has 1 aliphatic heterocycles. The molecule has 1 atom stereocenters. The summed E-state index contributed by atoms with van der Waals surface area (Å²) in [5, 5.41) is 3.80. The number of ether oxygens (including phenoxy) is 4. The van der Waals surface area contributed by atoms with Crippen molar-refractivity contribution in [3.8, 4) is 17.2 Å². The van der Waals surface area contributed by atoms with Crippen LogP contribution in [0.5, 0.6) is 17.2 Å². The molecule has 0 spiro atoms. The van der Waals surface area contributed by atoms with Crippen LogP contribution < -0.4 is 19.5 Å². The number of anilines is 1. The Hall–Kier alpha value is -3.19. The number of aryl methyl sites for hydroxylation is 1. The smallest absolute Gasteiger partial charge is 0.272 e. The molecule has 3 aromatic rings. The second kappa shape index (κ2) is 9.31. The Morgan fingerprint density at radius 3 is 2.71 bits per heavy atom. The third-order valence-corrected chi connectivity index (χ3v) is 5.63. The highest BCUT2D eigenvalue weighted by Crippen LogP contribution is 2.37. The second-order valence-electron chi connectivity index (χ2n) is 7.57. The summed E-state index contributed by atoms with van der Waals surface area (Å²) in [6, 6.07) is 13.0. The minimum absolute atomic E-state index is 0.0955. The lowest BCUT2D eigenvalue weighted by Crippen LogP contribution is -2.26. The maximum Gasteiger partial charge on any atom is 0.272 e. The Balaban J connectivity index is 1.56. The van der Waals surface area contributed by atoms with E-state index >= 15 is 0 Å². The van der Waals surface area contributed by atoms with Crippen LogP contribution in [0, 0.1) is 0 Å². The fourth-order valence-electron chi connectivity index (χ4n) is 3.96. The summed E-state index contributed by atoms with van der Waals surface area (Å²) in [6.45, 7) is 1.25. The molecular weight excluding hydrogens is 396 g/mol. The molecule has 0 unspecified atom stereocenters. The molecule has 2 heterocycles. The number of carbonyl (C=O) groups is 1. The van der Waals surface area contributed by atoms with Gasteiger partial charge < -0.3 is 28.8 Å². The Bertz CT molecular complexity index is 1070. The first-order valence-electron chi connectivity index (χ1n) is 10.5. The first-order chi connectivity index (χ1) is 15.1. The summed E-state index contributed by atoms with van der Waals surface area (Å²) in [5.41, 5.74) is 2.01. The Labute approximate surface area is 181 Å². The van der Waals surface area contributed by atoms with Gasteiger partial charge in [0.25, 0.3) is 5.91 Å². The van der Waals surface area contributed by atoms with Crippen LogP contribution in [0.3, 0.4) is 0 Å². The summed E-state index contributed by atoms with van der Waals surface area (Å²) in [5.74, 6) is 1.62. The summed E-state index contributed by atoms with van der Waals surface area (Å²) in [4.78, 5) is 13.1. The number of rotatable bonds is 7. The van der Waals surface area contributed by atoms with Crippen LogP contribution in [0.1, 0.15) is 29.8 Å². The van der Waals surface area contributed by atoms with Crippen molar-refractivity contribution in [2.45, 2.75) is 25.4 Å². The Kier molecular flexibility index (Phi) is 6.32. The van der Waals surface area contributed by atoms with Gasteiger partial charge in [-0.3, -0.25) is 4.79 Å². The number of nitrogens with one attached hydrogen (secondary N) is 1. The van der Waals surface area contributed by atoms with Gasteiger partial charge in [0.1, 0.15) is 18.1 Å². The molecule has 31 heavy (non-hydrogen) atoms. The number of methoxy groups -OCH3 is 2. The molecule has 7 nitrogen and oxygen atoms in total. The lowest BCUT2D eigenvalue weighted by Gasteiger charge is -2.23. The van der Waals surface area contributed by atoms with E-state index in [1.807, 2.05) is 54.1 Å². The topological polar surface area (TPSA) is 71.0 Å². The van der Waals surface area contributed by atoms with E-state index in [-0.39, 0.29) is 12.0 Å². The summed E-state index contributed by atoms with van der Waals surface area (Å²) < 4.78 is 24.5. The second-order valence-corrected chi connectivity index (χ2v) is 7.57. The highest BCUT2D eigenvalue weighted by Gasteiger charge is 2.20. The van der Waals surface area contributed by atoms with E-state index in [0.29, 0.717) is 35.2 Å². The van der Waals surface area contributed by atoms with Crippen LogP contribution in [0.15, 0.2) is 42.5 Å². The molecular formula is C24H28N2O5. The third-order valence-electron chi connectivity index (χ3n) is 5.63.